The summed E-state index contributed by atoms with van der Waals surface area (Å²) in [6.07, 6.45) is 4.48. The van der Waals surface area contributed by atoms with Gasteiger partial charge in [0.1, 0.15) is 0 Å². The van der Waals surface area contributed by atoms with Gasteiger partial charge in [-0.3, -0.25) is 0 Å². The van der Waals surface area contributed by atoms with E-state index in [1.54, 1.807) is 11.3 Å². The zero-order valence-electron chi connectivity index (χ0n) is 10.1. The van der Waals surface area contributed by atoms with Crippen molar-refractivity contribution in [3.8, 4) is 0 Å². The molecule has 5 nitrogen and oxygen atoms in total. The highest BCUT2D eigenvalue weighted by Gasteiger charge is 2.24. The summed E-state index contributed by atoms with van der Waals surface area (Å²) in [5.74, 6) is 0.504. The number of aromatic nitrogens is 1. The van der Waals surface area contributed by atoms with Crippen LogP contribution < -0.4 is 10.2 Å². The summed E-state index contributed by atoms with van der Waals surface area (Å²) in [4.78, 5) is 7.70. The average Bonchev–Trinajstić information content (AvgIpc) is 3.05. The molecule has 2 fully saturated rings. The largest absolute Gasteiger partial charge is 0.346 e. The zero-order chi connectivity index (χ0) is 12.6. The molecule has 18 heavy (non-hydrogen) atoms. The van der Waals surface area contributed by atoms with Crippen molar-refractivity contribution in [2.24, 2.45) is 0 Å². The number of nitrogens with one attached hydrogen (secondary N) is 1. The predicted molar refractivity (Wildman–Crippen MR) is 72.8 cm³/mol. The number of rotatable bonds is 4. The van der Waals surface area contributed by atoms with Crippen molar-refractivity contribution in [3.63, 3.8) is 0 Å². The lowest BCUT2D eigenvalue weighted by Crippen LogP contribution is -2.40. The van der Waals surface area contributed by atoms with E-state index in [0.717, 1.165) is 11.7 Å². The third-order valence-electron chi connectivity index (χ3n) is 3.30. The lowest BCUT2D eigenvalue weighted by Gasteiger charge is -2.25. The number of anilines is 1. The Bertz CT molecular complexity index is 508. The van der Waals surface area contributed by atoms with Gasteiger partial charge in [-0.15, -0.1) is 11.3 Å². The third-order valence-corrected chi connectivity index (χ3v) is 5.97. The highest BCUT2D eigenvalue weighted by Crippen LogP contribution is 2.25. The molecular formula is C11H17N3O2S2. The van der Waals surface area contributed by atoms with Gasteiger partial charge in [0.2, 0.25) is 0 Å². The SMILES string of the molecule is O=S1(=O)CCN(c2ncc(CNC3CC3)s2)CC1. The quantitative estimate of drug-likeness (QED) is 0.880. The molecule has 0 atom stereocenters. The zero-order valence-corrected chi connectivity index (χ0v) is 11.8. The van der Waals surface area contributed by atoms with Crippen molar-refractivity contribution >= 4 is 26.3 Å². The van der Waals surface area contributed by atoms with Crippen LogP contribution >= 0.6 is 11.3 Å². The van der Waals surface area contributed by atoms with Crippen LogP contribution in [0.4, 0.5) is 5.13 Å². The van der Waals surface area contributed by atoms with Gasteiger partial charge in [0.25, 0.3) is 0 Å². The van der Waals surface area contributed by atoms with Crippen LogP contribution in [0.1, 0.15) is 17.7 Å². The number of thiazole rings is 1. The van der Waals surface area contributed by atoms with Crippen molar-refractivity contribution in [3.05, 3.63) is 11.1 Å². The second-order valence-electron chi connectivity index (χ2n) is 4.90. The highest BCUT2D eigenvalue weighted by atomic mass is 32.2. The maximum absolute atomic E-state index is 11.4. The minimum atomic E-state index is -2.81. The number of hydrogen-bond donors (Lipinski definition) is 1. The van der Waals surface area contributed by atoms with Gasteiger partial charge >= 0.3 is 0 Å². The van der Waals surface area contributed by atoms with Gasteiger partial charge in [-0.05, 0) is 12.8 Å². The Hall–Kier alpha value is -0.660. The first-order chi connectivity index (χ1) is 8.62. The van der Waals surface area contributed by atoms with Gasteiger partial charge in [-0.2, -0.15) is 0 Å². The summed E-state index contributed by atoms with van der Waals surface area (Å²) < 4.78 is 22.7. The fraction of sp³-hybridized carbons (Fsp3) is 0.727. The van der Waals surface area contributed by atoms with E-state index in [2.05, 4.69) is 15.2 Å². The highest BCUT2D eigenvalue weighted by molar-refractivity contribution is 7.91. The summed E-state index contributed by atoms with van der Waals surface area (Å²) >= 11 is 1.67. The molecule has 2 heterocycles. The molecule has 1 saturated heterocycles. The van der Waals surface area contributed by atoms with Crippen molar-refractivity contribution in [2.75, 3.05) is 29.5 Å². The maximum Gasteiger partial charge on any atom is 0.185 e. The van der Waals surface area contributed by atoms with Crippen LogP contribution in [0, 0.1) is 0 Å². The normalized spacial score (nSPS) is 23.2. The van der Waals surface area contributed by atoms with E-state index in [1.807, 2.05) is 6.20 Å². The van der Waals surface area contributed by atoms with Gasteiger partial charge in [0.05, 0.1) is 11.5 Å². The van der Waals surface area contributed by atoms with E-state index < -0.39 is 9.84 Å². The van der Waals surface area contributed by atoms with Crippen molar-refractivity contribution in [2.45, 2.75) is 25.4 Å². The molecule has 1 aliphatic carbocycles. The molecule has 0 bridgehead atoms. The van der Waals surface area contributed by atoms with Crippen LogP contribution in [0.15, 0.2) is 6.20 Å². The molecule has 0 spiro atoms. The Balaban J connectivity index is 1.58. The van der Waals surface area contributed by atoms with E-state index in [0.29, 0.717) is 19.1 Å². The number of nitrogens with zero attached hydrogens (tertiary/aromatic N) is 2. The molecule has 1 aromatic rings. The van der Waals surface area contributed by atoms with Crippen LogP contribution in [0.25, 0.3) is 0 Å². The van der Waals surface area contributed by atoms with Gasteiger partial charge in [-0.1, -0.05) is 0 Å². The Kier molecular flexibility index (Phi) is 3.29. The first-order valence-corrected chi connectivity index (χ1v) is 8.90. The second-order valence-corrected chi connectivity index (χ2v) is 8.30. The molecule has 3 rings (SSSR count). The molecule has 0 radical (unpaired) electrons. The van der Waals surface area contributed by atoms with Crippen LogP contribution in [-0.2, 0) is 16.4 Å². The van der Waals surface area contributed by atoms with Crippen molar-refractivity contribution in [1.29, 1.82) is 0 Å². The smallest absolute Gasteiger partial charge is 0.185 e. The minimum Gasteiger partial charge on any atom is -0.346 e. The number of sulfone groups is 1. The topological polar surface area (TPSA) is 62.3 Å². The summed E-state index contributed by atoms with van der Waals surface area (Å²) in [5.41, 5.74) is 0. The fourth-order valence-corrected chi connectivity index (χ4v) is 4.07. The molecular weight excluding hydrogens is 270 g/mol. The lowest BCUT2D eigenvalue weighted by molar-refractivity contribution is 0.586. The Morgan fingerprint density at radius 2 is 2.11 bits per heavy atom. The summed E-state index contributed by atoms with van der Waals surface area (Å²) in [6.45, 7) is 2.03. The fourth-order valence-electron chi connectivity index (χ4n) is 1.96. The summed E-state index contributed by atoms with van der Waals surface area (Å²) in [5, 5.41) is 4.41. The third kappa shape index (κ3) is 3.02. The molecule has 1 aliphatic heterocycles. The van der Waals surface area contributed by atoms with Gasteiger partial charge in [-0.25, -0.2) is 13.4 Å². The molecule has 1 N–H and O–H groups in total. The first-order valence-electron chi connectivity index (χ1n) is 6.26. The van der Waals surface area contributed by atoms with E-state index in [1.165, 1.54) is 17.7 Å². The molecule has 0 unspecified atom stereocenters. The molecule has 100 valence electrons. The van der Waals surface area contributed by atoms with E-state index in [-0.39, 0.29) is 11.5 Å². The van der Waals surface area contributed by atoms with Crippen LogP contribution in [0.5, 0.6) is 0 Å². The molecule has 2 aliphatic rings. The summed E-state index contributed by atoms with van der Waals surface area (Å²) in [6, 6.07) is 0.704. The van der Waals surface area contributed by atoms with Gasteiger partial charge in [0, 0.05) is 36.8 Å². The monoisotopic (exact) mass is 287 g/mol. The average molecular weight is 287 g/mol. The van der Waals surface area contributed by atoms with Crippen LogP contribution in [0.2, 0.25) is 0 Å². The van der Waals surface area contributed by atoms with Crippen LogP contribution in [0.3, 0.4) is 0 Å². The summed E-state index contributed by atoms with van der Waals surface area (Å²) in [7, 11) is -2.81. The van der Waals surface area contributed by atoms with Crippen LogP contribution in [-0.4, -0.2) is 44.0 Å². The van der Waals surface area contributed by atoms with Gasteiger partial charge in [0.15, 0.2) is 15.0 Å². The maximum atomic E-state index is 11.4. The van der Waals surface area contributed by atoms with E-state index >= 15 is 0 Å². The molecule has 1 aromatic heterocycles. The molecule has 1 saturated carbocycles. The van der Waals surface area contributed by atoms with Crippen molar-refractivity contribution < 1.29 is 8.42 Å². The van der Waals surface area contributed by atoms with E-state index in [4.69, 9.17) is 0 Å². The Morgan fingerprint density at radius 3 is 2.78 bits per heavy atom. The second kappa shape index (κ2) is 4.79. The van der Waals surface area contributed by atoms with E-state index in [9.17, 15) is 8.42 Å². The molecule has 0 amide bonds. The molecule has 0 aromatic carbocycles. The minimum absolute atomic E-state index is 0.252. The first kappa shape index (κ1) is 12.4. The lowest BCUT2D eigenvalue weighted by atomic mass is 10.5. The van der Waals surface area contributed by atoms with Crippen molar-refractivity contribution in [1.82, 2.24) is 10.3 Å². The predicted octanol–water partition coefficient (Wildman–Crippen LogP) is 0.630. The standard InChI is InChI=1S/C11H17N3O2S2/c15-18(16)5-3-14(4-6-18)11-13-8-10(17-11)7-12-9-1-2-9/h8-9,12H,1-7H2. The Morgan fingerprint density at radius 1 is 1.39 bits per heavy atom. The molecule has 7 heteroatoms. The Labute approximate surface area is 111 Å². The number of hydrogen-bond acceptors (Lipinski definition) is 6. The van der Waals surface area contributed by atoms with Gasteiger partial charge < -0.3 is 10.2 Å².